The molecule has 0 aliphatic heterocycles. The maximum absolute atomic E-state index is 10.7. The van der Waals surface area contributed by atoms with Gasteiger partial charge >= 0.3 is 5.97 Å². The van der Waals surface area contributed by atoms with Crippen LogP contribution in [0.4, 0.5) is 5.69 Å². The van der Waals surface area contributed by atoms with Crippen LogP contribution in [-0.2, 0) is 4.79 Å². The average Bonchev–Trinajstić information content (AvgIpc) is 2.26. The SMILES string of the molecule is NCC(Oc1ccc([N+](=O)[O-])cc1Cl)C(=O)O. The number of carboxylic acids is 1. The van der Waals surface area contributed by atoms with Gasteiger partial charge < -0.3 is 15.6 Å². The molecule has 1 aromatic carbocycles. The lowest BCUT2D eigenvalue weighted by atomic mass is 10.3. The van der Waals surface area contributed by atoms with Gasteiger partial charge in [0, 0.05) is 18.7 Å². The number of hydrogen-bond donors (Lipinski definition) is 2. The number of nitro benzene ring substituents is 1. The highest BCUT2D eigenvalue weighted by molar-refractivity contribution is 6.32. The fraction of sp³-hybridized carbons (Fsp3) is 0.222. The van der Waals surface area contributed by atoms with E-state index in [-0.39, 0.29) is 23.0 Å². The van der Waals surface area contributed by atoms with Crippen LogP contribution in [0, 0.1) is 10.1 Å². The Kier molecular flexibility index (Phi) is 4.24. The molecule has 0 aromatic heterocycles. The van der Waals surface area contributed by atoms with Crippen LogP contribution in [0.5, 0.6) is 5.75 Å². The van der Waals surface area contributed by atoms with Crippen molar-refractivity contribution in [2.24, 2.45) is 5.73 Å². The second kappa shape index (κ2) is 5.46. The Morgan fingerprint density at radius 2 is 2.29 bits per heavy atom. The number of aliphatic carboxylic acids is 1. The van der Waals surface area contributed by atoms with E-state index >= 15 is 0 Å². The van der Waals surface area contributed by atoms with E-state index in [4.69, 9.17) is 27.2 Å². The minimum atomic E-state index is -1.24. The molecule has 1 aromatic rings. The van der Waals surface area contributed by atoms with Crippen LogP contribution in [0.25, 0.3) is 0 Å². The molecule has 0 heterocycles. The first kappa shape index (κ1) is 13.2. The number of benzene rings is 1. The molecule has 0 aliphatic rings. The van der Waals surface area contributed by atoms with Crippen molar-refractivity contribution in [1.29, 1.82) is 0 Å². The van der Waals surface area contributed by atoms with Crippen LogP contribution in [-0.4, -0.2) is 28.6 Å². The normalized spacial score (nSPS) is 11.9. The lowest BCUT2D eigenvalue weighted by Gasteiger charge is -2.13. The number of nitrogens with two attached hydrogens (primary N) is 1. The fourth-order valence-corrected chi connectivity index (χ4v) is 1.27. The highest BCUT2D eigenvalue weighted by Crippen LogP contribution is 2.29. The van der Waals surface area contributed by atoms with E-state index in [9.17, 15) is 14.9 Å². The standard InChI is InChI=1S/C9H9ClN2O5/c10-6-3-5(12(15)16)1-2-7(6)17-8(4-11)9(13)14/h1-3,8H,4,11H2,(H,13,14). The molecule has 1 atom stereocenters. The summed E-state index contributed by atoms with van der Waals surface area (Å²) in [6.45, 7) is -0.233. The summed E-state index contributed by atoms with van der Waals surface area (Å²) >= 11 is 5.72. The van der Waals surface area contributed by atoms with Gasteiger partial charge in [0.1, 0.15) is 5.75 Å². The van der Waals surface area contributed by atoms with Crippen LogP contribution in [0.15, 0.2) is 18.2 Å². The summed E-state index contributed by atoms with van der Waals surface area (Å²) in [5.74, 6) is -1.20. The average molecular weight is 261 g/mol. The number of carboxylic acid groups (broad SMARTS) is 1. The Balaban J connectivity index is 2.93. The van der Waals surface area contributed by atoms with Gasteiger partial charge in [-0.2, -0.15) is 0 Å². The van der Waals surface area contributed by atoms with E-state index in [1.165, 1.54) is 6.07 Å². The summed E-state index contributed by atoms with van der Waals surface area (Å²) in [5, 5.41) is 19.1. The minimum absolute atomic E-state index is 0.0371. The van der Waals surface area contributed by atoms with Crippen LogP contribution >= 0.6 is 11.6 Å². The van der Waals surface area contributed by atoms with Crippen LogP contribution in [0.3, 0.4) is 0 Å². The van der Waals surface area contributed by atoms with E-state index in [1.54, 1.807) is 0 Å². The zero-order chi connectivity index (χ0) is 13.0. The van der Waals surface area contributed by atoms with Crippen molar-refractivity contribution in [2.45, 2.75) is 6.10 Å². The first-order valence-electron chi connectivity index (χ1n) is 4.49. The molecular weight excluding hydrogens is 252 g/mol. The first-order valence-corrected chi connectivity index (χ1v) is 4.87. The van der Waals surface area contributed by atoms with Gasteiger partial charge in [-0.3, -0.25) is 10.1 Å². The largest absolute Gasteiger partial charge is 0.478 e. The summed E-state index contributed by atoms with van der Waals surface area (Å²) in [4.78, 5) is 20.5. The van der Waals surface area contributed by atoms with Gasteiger partial charge in [-0.05, 0) is 6.07 Å². The van der Waals surface area contributed by atoms with E-state index in [1.807, 2.05) is 0 Å². The van der Waals surface area contributed by atoms with Crippen LogP contribution in [0.1, 0.15) is 0 Å². The minimum Gasteiger partial charge on any atom is -0.478 e. The Bertz CT molecular complexity index is 451. The van der Waals surface area contributed by atoms with Crippen molar-refractivity contribution in [3.63, 3.8) is 0 Å². The second-order valence-electron chi connectivity index (χ2n) is 3.05. The molecule has 0 spiro atoms. The van der Waals surface area contributed by atoms with Gasteiger partial charge in [-0.15, -0.1) is 0 Å². The quantitative estimate of drug-likeness (QED) is 0.603. The molecule has 0 radical (unpaired) electrons. The molecule has 3 N–H and O–H groups in total. The molecular formula is C9H9ClN2O5. The van der Waals surface area contributed by atoms with Crippen LogP contribution in [0.2, 0.25) is 5.02 Å². The lowest BCUT2D eigenvalue weighted by Crippen LogP contribution is -2.34. The van der Waals surface area contributed by atoms with Gasteiger partial charge in [0.25, 0.3) is 5.69 Å². The highest BCUT2D eigenvalue weighted by atomic mass is 35.5. The zero-order valence-corrected chi connectivity index (χ0v) is 9.26. The summed E-state index contributed by atoms with van der Waals surface area (Å²) in [7, 11) is 0. The van der Waals surface area contributed by atoms with Gasteiger partial charge in [-0.25, -0.2) is 4.79 Å². The molecule has 8 heteroatoms. The zero-order valence-electron chi connectivity index (χ0n) is 8.50. The van der Waals surface area contributed by atoms with Gasteiger partial charge in [0.15, 0.2) is 0 Å². The molecule has 0 saturated heterocycles. The van der Waals surface area contributed by atoms with Gasteiger partial charge in [0.2, 0.25) is 6.10 Å². The maximum atomic E-state index is 10.7. The summed E-state index contributed by atoms with van der Waals surface area (Å²) in [6.07, 6.45) is -1.24. The third kappa shape index (κ3) is 3.30. The molecule has 0 aliphatic carbocycles. The number of non-ortho nitro benzene ring substituents is 1. The lowest BCUT2D eigenvalue weighted by molar-refractivity contribution is -0.384. The van der Waals surface area contributed by atoms with Crippen molar-refractivity contribution in [3.8, 4) is 5.75 Å². The molecule has 1 unspecified atom stereocenters. The van der Waals surface area contributed by atoms with Crippen molar-refractivity contribution in [3.05, 3.63) is 33.3 Å². The van der Waals surface area contributed by atoms with Crippen molar-refractivity contribution < 1.29 is 19.6 Å². The monoisotopic (exact) mass is 260 g/mol. The number of halogens is 1. The molecule has 0 saturated carbocycles. The first-order chi connectivity index (χ1) is 7.95. The van der Waals surface area contributed by atoms with Crippen molar-refractivity contribution in [2.75, 3.05) is 6.54 Å². The van der Waals surface area contributed by atoms with Crippen molar-refractivity contribution in [1.82, 2.24) is 0 Å². The molecule has 0 bridgehead atoms. The highest BCUT2D eigenvalue weighted by Gasteiger charge is 2.19. The number of nitrogens with zero attached hydrogens (tertiary/aromatic N) is 1. The summed E-state index contributed by atoms with van der Waals surface area (Å²) in [5.41, 5.74) is 4.99. The van der Waals surface area contributed by atoms with Crippen LogP contribution < -0.4 is 10.5 Å². The summed E-state index contributed by atoms with van der Waals surface area (Å²) < 4.78 is 5.01. The van der Waals surface area contributed by atoms with Gasteiger partial charge in [-0.1, -0.05) is 11.6 Å². The van der Waals surface area contributed by atoms with E-state index in [2.05, 4.69) is 0 Å². The van der Waals surface area contributed by atoms with Gasteiger partial charge in [0.05, 0.1) is 9.95 Å². The molecule has 7 nitrogen and oxygen atoms in total. The third-order valence-corrected chi connectivity index (χ3v) is 2.18. The fourth-order valence-electron chi connectivity index (χ4n) is 1.05. The Hall–Kier alpha value is -1.86. The molecule has 0 fully saturated rings. The number of hydrogen-bond acceptors (Lipinski definition) is 5. The molecule has 92 valence electrons. The Morgan fingerprint density at radius 1 is 1.65 bits per heavy atom. The van der Waals surface area contributed by atoms with E-state index in [0.29, 0.717) is 0 Å². The number of ether oxygens (including phenoxy) is 1. The molecule has 1 rings (SSSR count). The summed E-state index contributed by atoms with van der Waals surface area (Å²) in [6, 6.07) is 3.47. The molecule has 0 amide bonds. The number of nitro groups is 1. The Labute approximate surface area is 101 Å². The third-order valence-electron chi connectivity index (χ3n) is 1.89. The smallest absolute Gasteiger partial charge is 0.346 e. The topological polar surface area (TPSA) is 116 Å². The molecule has 17 heavy (non-hydrogen) atoms. The van der Waals surface area contributed by atoms with E-state index < -0.39 is 17.0 Å². The predicted molar refractivity (Wildman–Crippen MR) is 59.2 cm³/mol. The number of rotatable bonds is 5. The second-order valence-corrected chi connectivity index (χ2v) is 3.46. The van der Waals surface area contributed by atoms with E-state index in [0.717, 1.165) is 12.1 Å². The van der Waals surface area contributed by atoms with Crippen molar-refractivity contribution >= 4 is 23.3 Å². The Morgan fingerprint density at radius 3 is 2.71 bits per heavy atom. The predicted octanol–water partition coefficient (Wildman–Crippen LogP) is 1.04. The maximum Gasteiger partial charge on any atom is 0.346 e. The number of carbonyl (C=O) groups is 1.